The first-order valence-corrected chi connectivity index (χ1v) is 9.25. The molecule has 4 aliphatic carbocycles. The Kier molecular flexibility index (Phi) is 3.54. The van der Waals surface area contributed by atoms with Crippen molar-refractivity contribution in [3.8, 4) is 0 Å². The molecule has 0 aromatic heterocycles. The van der Waals surface area contributed by atoms with E-state index >= 15 is 0 Å². The molecule has 0 saturated heterocycles. The lowest BCUT2D eigenvalue weighted by Crippen LogP contribution is -2.58. The molecule has 2 atom stereocenters. The van der Waals surface area contributed by atoms with Gasteiger partial charge in [-0.2, -0.15) is 0 Å². The van der Waals surface area contributed by atoms with Crippen LogP contribution in [0, 0.1) is 22.2 Å². The second-order valence-corrected chi connectivity index (χ2v) is 9.43. The standard InChI is InChI=1S/C21H27NO3/c1-19-8-14-9-20(2,11-19)13-21(10-14,12-19)18(24)22-16-6-4-15(5-7-16)17(23)25-3/h4-7,14H,8-13H2,1-3H3,(H,22,24). The van der Waals surface area contributed by atoms with E-state index in [-0.39, 0.29) is 17.3 Å². The summed E-state index contributed by atoms with van der Waals surface area (Å²) in [6, 6.07) is 6.97. The van der Waals surface area contributed by atoms with E-state index in [0.717, 1.165) is 24.9 Å². The molecule has 4 saturated carbocycles. The van der Waals surface area contributed by atoms with Gasteiger partial charge in [-0.15, -0.1) is 0 Å². The van der Waals surface area contributed by atoms with E-state index in [1.165, 1.54) is 26.4 Å². The summed E-state index contributed by atoms with van der Waals surface area (Å²) in [5.74, 6) is 0.498. The van der Waals surface area contributed by atoms with Gasteiger partial charge < -0.3 is 10.1 Å². The minimum Gasteiger partial charge on any atom is -0.465 e. The quantitative estimate of drug-likeness (QED) is 0.829. The van der Waals surface area contributed by atoms with Gasteiger partial charge in [-0.05, 0) is 79.5 Å². The van der Waals surface area contributed by atoms with Crippen LogP contribution in [0.4, 0.5) is 5.69 Å². The van der Waals surface area contributed by atoms with Crippen molar-refractivity contribution >= 4 is 17.6 Å². The minimum absolute atomic E-state index is 0.167. The number of nitrogens with one attached hydrogen (secondary N) is 1. The van der Waals surface area contributed by atoms with Gasteiger partial charge in [0.25, 0.3) is 0 Å². The van der Waals surface area contributed by atoms with Crippen molar-refractivity contribution in [3.63, 3.8) is 0 Å². The van der Waals surface area contributed by atoms with Gasteiger partial charge in [0.15, 0.2) is 0 Å². The zero-order valence-corrected chi connectivity index (χ0v) is 15.4. The molecule has 4 heteroatoms. The first-order valence-electron chi connectivity index (χ1n) is 9.25. The average Bonchev–Trinajstić information content (AvgIpc) is 2.51. The van der Waals surface area contributed by atoms with Crippen LogP contribution in [0.3, 0.4) is 0 Å². The van der Waals surface area contributed by atoms with Crippen molar-refractivity contribution in [2.75, 3.05) is 12.4 Å². The minimum atomic E-state index is -0.361. The van der Waals surface area contributed by atoms with Crippen LogP contribution in [0.1, 0.15) is 62.7 Å². The fourth-order valence-corrected chi connectivity index (χ4v) is 6.77. The third kappa shape index (κ3) is 2.76. The Labute approximate surface area is 149 Å². The molecule has 4 bridgehead atoms. The summed E-state index contributed by atoms with van der Waals surface area (Å²) in [6.45, 7) is 4.76. The van der Waals surface area contributed by atoms with E-state index in [0.29, 0.717) is 22.3 Å². The second-order valence-electron chi connectivity index (χ2n) is 9.43. The van der Waals surface area contributed by atoms with E-state index in [2.05, 4.69) is 19.2 Å². The summed E-state index contributed by atoms with van der Waals surface area (Å²) < 4.78 is 4.72. The van der Waals surface area contributed by atoms with Crippen LogP contribution in [-0.4, -0.2) is 19.0 Å². The number of esters is 1. The number of anilines is 1. The van der Waals surface area contributed by atoms with Crippen LogP contribution in [0.5, 0.6) is 0 Å². The van der Waals surface area contributed by atoms with E-state index in [1.807, 2.05) is 0 Å². The Bertz CT molecular complexity index is 705. The van der Waals surface area contributed by atoms with Crippen LogP contribution in [0.15, 0.2) is 24.3 Å². The maximum Gasteiger partial charge on any atom is 0.337 e. The number of ether oxygens (including phenoxy) is 1. The zero-order valence-electron chi connectivity index (χ0n) is 15.4. The lowest BCUT2D eigenvalue weighted by Gasteiger charge is -2.64. The highest BCUT2D eigenvalue weighted by molar-refractivity contribution is 5.96. The van der Waals surface area contributed by atoms with Crippen LogP contribution < -0.4 is 5.32 Å². The fraction of sp³-hybridized carbons (Fsp3) is 0.619. The molecule has 0 aliphatic heterocycles. The number of carbonyl (C=O) groups excluding carboxylic acids is 2. The molecule has 5 rings (SSSR count). The van der Waals surface area contributed by atoms with E-state index in [4.69, 9.17) is 4.74 Å². The highest BCUT2D eigenvalue weighted by atomic mass is 16.5. The van der Waals surface area contributed by atoms with E-state index in [1.54, 1.807) is 24.3 Å². The van der Waals surface area contributed by atoms with Gasteiger partial charge in [0.05, 0.1) is 18.1 Å². The van der Waals surface area contributed by atoms with Gasteiger partial charge in [0.1, 0.15) is 0 Å². The van der Waals surface area contributed by atoms with Gasteiger partial charge in [-0.1, -0.05) is 13.8 Å². The molecule has 4 aliphatic rings. The molecule has 1 aromatic carbocycles. The van der Waals surface area contributed by atoms with Crippen molar-refractivity contribution < 1.29 is 14.3 Å². The number of carbonyl (C=O) groups is 2. The molecule has 0 heterocycles. The molecule has 25 heavy (non-hydrogen) atoms. The Morgan fingerprint density at radius 3 is 2.12 bits per heavy atom. The first kappa shape index (κ1) is 16.6. The third-order valence-corrected chi connectivity index (χ3v) is 6.67. The number of hydrogen-bond donors (Lipinski definition) is 1. The molecule has 4 nitrogen and oxygen atoms in total. The Morgan fingerprint density at radius 2 is 1.60 bits per heavy atom. The maximum absolute atomic E-state index is 13.2. The molecule has 2 unspecified atom stereocenters. The van der Waals surface area contributed by atoms with E-state index < -0.39 is 0 Å². The zero-order chi connectivity index (χ0) is 17.9. The van der Waals surface area contributed by atoms with Gasteiger partial charge >= 0.3 is 5.97 Å². The van der Waals surface area contributed by atoms with Crippen LogP contribution >= 0.6 is 0 Å². The SMILES string of the molecule is COC(=O)c1ccc(NC(=O)C23CC4CC(C)(CC(C)(C4)C2)C3)cc1. The predicted octanol–water partition coefficient (Wildman–Crippen LogP) is 4.41. The smallest absolute Gasteiger partial charge is 0.337 e. The average molecular weight is 341 g/mol. The van der Waals surface area contributed by atoms with Crippen molar-refractivity contribution in [2.45, 2.75) is 52.4 Å². The normalized spacial score (nSPS) is 38.4. The fourth-order valence-electron chi connectivity index (χ4n) is 6.77. The monoisotopic (exact) mass is 341 g/mol. The number of amides is 1. The third-order valence-electron chi connectivity index (χ3n) is 6.67. The summed E-state index contributed by atoms with van der Waals surface area (Å²) in [5, 5.41) is 3.13. The Balaban J connectivity index is 1.54. The van der Waals surface area contributed by atoms with Gasteiger partial charge in [0.2, 0.25) is 5.91 Å². The molecule has 0 radical (unpaired) electrons. The topological polar surface area (TPSA) is 55.4 Å². The summed E-state index contributed by atoms with van der Waals surface area (Å²) >= 11 is 0. The number of benzene rings is 1. The van der Waals surface area contributed by atoms with Gasteiger partial charge in [0, 0.05) is 5.69 Å². The lowest BCUT2D eigenvalue weighted by molar-refractivity contribution is -0.165. The maximum atomic E-state index is 13.2. The molecule has 1 amide bonds. The molecule has 134 valence electrons. The molecule has 0 spiro atoms. The first-order chi connectivity index (χ1) is 11.7. The van der Waals surface area contributed by atoms with Gasteiger partial charge in [-0.3, -0.25) is 4.79 Å². The Morgan fingerprint density at radius 1 is 1.00 bits per heavy atom. The van der Waals surface area contributed by atoms with Crippen molar-refractivity contribution in [2.24, 2.45) is 22.2 Å². The second kappa shape index (κ2) is 5.33. The van der Waals surface area contributed by atoms with Crippen LogP contribution in [0.25, 0.3) is 0 Å². The van der Waals surface area contributed by atoms with Crippen molar-refractivity contribution in [1.82, 2.24) is 0 Å². The molecule has 4 fully saturated rings. The van der Waals surface area contributed by atoms with Gasteiger partial charge in [-0.25, -0.2) is 4.79 Å². The van der Waals surface area contributed by atoms with Crippen molar-refractivity contribution in [1.29, 1.82) is 0 Å². The molecular weight excluding hydrogens is 314 g/mol. The number of rotatable bonds is 3. The largest absolute Gasteiger partial charge is 0.465 e. The Hall–Kier alpha value is -1.84. The van der Waals surface area contributed by atoms with Crippen molar-refractivity contribution in [3.05, 3.63) is 29.8 Å². The molecule has 1 aromatic rings. The summed E-state index contributed by atoms with van der Waals surface area (Å²) in [4.78, 5) is 24.8. The molecular formula is C21H27NO3. The molecule has 1 N–H and O–H groups in total. The summed E-state index contributed by atoms with van der Waals surface area (Å²) in [7, 11) is 1.37. The summed E-state index contributed by atoms with van der Waals surface area (Å²) in [6.07, 6.45) is 6.89. The van der Waals surface area contributed by atoms with Crippen LogP contribution in [-0.2, 0) is 9.53 Å². The number of hydrogen-bond acceptors (Lipinski definition) is 3. The number of methoxy groups -OCH3 is 1. The highest BCUT2D eigenvalue weighted by Crippen LogP contribution is 2.69. The van der Waals surface area contributed by atoms with Crippen LogP contribution in [0.2, 0.25) is 0 Å². The lowest BCUT2D eigenvalue weighted by atomic mass is 9.40. The summed E-state index contributed by atoms with van der Waals surface area (Å²) in [5.41, 5.74) is 1.67. The van der Waals surface area contributed by atoms with E-state index in [9.17, 15) is 9.59 Å². The highest BCUT2D eigenvalue weighted by Gasteiger charge is 2.62. The predicted molar refractivity (Wildman–Crippen MR) is 96.3 cm³/mol.